The summed E-state index contributed by atoms with van der Waals surface area (Å²) >= 11 is 0. The van der Waals surface area contributed by atoms with Crippen LogP contribution in [0.4, 0.5) is 0 Å². The zero-order valence-electron chi connectivity index (χ0n) is 8.50. The number of hydrogen-bond donors (Lipinski definition) is 3. The van der Waals surface area contributed by atoms with E-state index in [0.29, 0.717) is 12.2 Å². The molecule has 0 aromatic carbocycles. The van der Waals surface area contributed by atoms with E-state index >= 15 is 0 Å². The molecule has 0 aliphatic carbocycles. The SMILES string of the molecule is CC(C)(CCN)NC(=O)c1ccn[nH]1. The Labute approximate surface area is 83.1 Å². The van der Waals surface area contributed by atoms with Crippen LogP contribution in [0.25, 0.3) is 0 Å². The molecule has 5 heteroatoms. The van der Waals surface area contributed by atoms with Gasteiger partial charge in [0.15, 0.2) is 0 Å². The van der Waals surface area contributed by atoms with E-state index in [1.807, 2.05) is 13.8 Å². The van der Waals surface area contributed by atoms with Crippen molar-refractivity contribution in [3.8, 4) is 0 Å². The Bertz CT molecular complexity index is 292. The van der Waals surface area contributed by atoms with Gasteiger partial charge in [-0.05, 0) is 32.9 Å². The average Bonchev–Trinajstić information content (AvgIpc) is 2.53. The largest absolute Gasteiger partial charge is 0.346 e. The lowest BCUT2D eigenvalue weighted by Gasteiger charge is -2.25. The summed E-state index contributed by atoms with van der Waals surface area (Å²) in [6.07, 6.45) is 2.29. The molecular formula is C9H16N4O. The minimum Gasteiger partial charge on any atom is -0.346 e. The average molecular weight is 196 g/mol. The van der Waals surface area contributed by atoms with Crippen molar-refractivity contribution >= 4 is 5.91 Å². The quantitative estimate of drug-likeness (QED) is 0.646. The summed E-state index contributed by atoms with van der Waals surface area (Å²) in [5, 5.41) is 9.19. The van der Waals surface area contributed by atoms with Gasteiger partial charge in [-0.1, -0.05) is 0 Å². The van der Waals surface area contributed by atoms with Gasteiger partial charge in [0, 0.05) is 11.7 Å². The molecule has 0 bridgehead atoms. The number of hydrogen-bond acceptors (Lipinski definition) is 3. The third-order valence-electron chi connectivity index (χ3n) is 1.97. The van der Waals surface area contributed by atoms with Gasteiger partial charge in [-0.2, -0.15) is 5.10 Å². The van der Waals surface area contributed by atoms with Crippen LogP contribution in [0.2, 0.25) is 0 Å². The van der Waals surface area contributed by atoms with E-state index < -0.39 is 0 Å². The van der Waals surface area contributed by atoms with Crippen LogP contribution in [-0.2, 0) is 0 Å². The minimum absolute atomic E-state index is 0.152. The van der Waals surface area contributed by atoms with E-state index in [9.17, 15) is 4.79 Å². The van der Waals surface area contributed by atoms with Gasteiger partial charge in [0.05, 0.1) is 0 Å². The highest BCUT2D eigenvalue weighted by molar-refractivity contribution is 5.92. The fourth-order valence-corrected chi connectivity index (χ4v) is 1.18. The lowest BCUT2D eigenvalue weighted by atomic mass is 10.0. The molecule has 1 rings (SSSR count). The Morgan fingerprint density at radius 3 is 2.93 bits per heavy atom. The van der Waals surface area contributed by atoms with Crippen molar-refractivity contribution in [1.29, 1.82) is 0 Å². The predicted molar refractivity (Wildman–Crippen MR) is 53.8 cm³/mol. The van der Waals surface area contributed by atoms with Gasteiger partial charge in [-0.25, -0.2) is 0 Å². The number of nitrogens with zero attached hydrogens (tertiary/aromatic N) is 1. The molecule has 0 saturated heterocycles. The number of aromatic amines is 1. The molecule has 78 valence electrons. The number of rotatable bonds is 4. The van der Waals surface area contributed by atoms with Crippen molar-refractivity contribution in [2.24, 2.45) is 5.73 Å². The number of aromatic nitrogens is 2. The maximum absolute atomic E-state index is 11.6. The van der Waals surface area contributed by atoms with Crippen LogP contribution < -0.4 is 11.1 Å². The third kappa shape index (κ3) is 2.85. The Morgan fingerprint density at radius 1 is 1.71 bits per heavy atom. The van der Waals surface area contributed by atoms with Crippen LogP contribution in [0.5, 0.6) is 0 Å². The molecule has 0 aliphatic heterocycles. The molecule has 0 fully saturated rings. The second kappa shape index (κ2) is 4.23. The first kappa shape index (κ1) is 10.7. The number of carbonyl (C=O) groups excluding carboxylic acids is 1. The van der Waals surface area contributed by atoms with E-state index in [1.165, 1.54) is 0 Å². The molecule has 1 aromatic rings. The standard InChI is InChI=1S/C9H16N4O/c1-9(2,4-5-10)12-8(14)7-3-6-11-13-7/h3,6H,4-5,10H2,1-2H3,(H,11,13)(H,12,14). The molecule has 4 N–H and O–H groups in total. The van der Waals surface area contributed by atoms with Crippen molar-refractivity contribution in [3.63, 3.8) is 0 Å². The number of amides is 1. The Hall–Kier alpha value is -1.36. The van der Waals surface area contributed by atoms with Crippen molar-refractivity contribution in [2.45, 2.75) is 25.8 Å². The summed E-state index contributed by atoms with van der Waals surface area (Å²) in [6, 6.07) is 1.63. The van der Waals surface area contributed by atoms with Crippen LogP contribution in [-0.4, -0.2) is 28.2 Å². The van der Waals surface area contributed by atoms with Crippen molar-refractivity contribution in [1.82, 2.24) is 15.5 Å². The molecule has 1 aromatic heterocycles. The summed E-state index contributed by atoms with van der Waals surface area (Å²) < 4.78 is 0. The second-order valence-electron chi connectivity index (χ2n) is 3.85. The molecule has 1 heterocycles. The zero-order valence-corrected chi connectivity index (χ0v) is 8.50. The molecule has 0 spiro atoms. The van der Waals surface area contributed by atoms with Gasteiger partial charge in [0.25, 0.3) is 5.91 Å². The van der Waals surface area contributed by atoms with Crippen LogP contribution in [0, 0.1) is 0 Å². The first-order valence-electron chi connectivity index (χ1n) is 4.57. The molecule has 1 amide bonds. The highest BCUT2D eigenvalue weighted by Gasteiger charge is 2.20. The van der Waals surface area contributed by atoms with Gasteiger partial charge in [0.2, 0.25) is 0 Å². The summed E-state index contributed by atoms with van der Waals surface area (Å²) in [4.78, 5) is 11.6. The van der Waals surface area contributed by atoms with E-state index in [2.05, 4.69) is 15.5 Å². The molecule has 5 nitrogen and oxygen atoms in total. The van der Waals surface area contributed by atoms with E-state index in [0.717, 1.165) is 6.42 Å². The van der Waals surface area contributed by atoms with Gasteiger partial charge in [-0.15, -0.1) is 0 Å². The summed E-state index contributed by atoms with van der Waals surface area (Å²) in [7, 11) is 0. The predicted octanol–water partition coefficient (Wildman–Crippen LogP) is 0.267. The van der Waals surface area contributed by atoms with Crippen LogP contribution in [0.1, 0.15) is 30.8 Å². The molecular weight excluding hydrogens is 180 g/mol. The maximum atomic E-state index is 11.6. The normalized spacial score (nSPS) is 11.4. The van der Waals surface area contributed by atoms with Crippen LogP contribution >= 0.6 is 0 Å². The van der Waals surface area contributed by atoms with Crippen LogP contribution in [0.15, 0.2) is 12.3 Å². The first-order valence-corrected chi connectivity index (χ1v) is 4.57. The molecule has 14 heavy (non-hydrogen) atoms. The number of nitrogens with two attached hydrogens (primary N) is 1. The first-order chi connectivity index (χ1) is 6.55. The highest BCUT2D eigenvalue weighted by atomic mass is 16.2. The zero-order chi connectivity index (χ0) is 10.6. The molecule has 0 radical (unpaired) electrons. The van der Waals surface area contributed by atoms with Gasteiger partial charge >= 0.3 is 0 Å². The van der Waals surface area contributed by atoms with E-state index in [1.54, 1.807) is 12.3 Å². The lowest BCUT2D eigenvalue weighted by molar-refractivity contribution is 0.0905. The molecule has 0 atom stereocenters. The van der Waals surface area contributed by atoms with Gasteiger partial charge in [-0.3, -0.25) is 9.89 Å². The summed E-state index contributed by atoms with van der Waals surface area (Å²) in [6.45, 7) is 4.43. The maximum Gasteiger partial charge on any atom is 0.269 e. The van der Waals surface area contributed by atoms with E-state index in [4.69, 9.17) is 5.73 Å². The number of H-pyrrole nitrogens is 1. The summed E-state index contributed by atoms with van der Waals surface area (Å²) in [5.74, 6) is -0.152. The Morgan fingerprint density at radius 2 is 2.43 bits per heavy atom. The molecule has 0 saturated carbocycles. The highest BCUT2D eigenvalue weighted by Crippen LogP contribution is 2.07. The van der Waals surface area contributed by atoms with Gasteiger partial charge in [0.1, 0.15) is 5.69 Å². The van der Waals surface area contributed by atoms with Crippen molar-refractivity contribution in [2.75, 3.05) is 6.54 Å². The smallest absolute Gasteiger partial charge is 0.269 e. The molecule has 0 unspecified atom stereocenters. The minimum atomic E-state index is -0.281. The van der Waals surface area contributed by atoms with Gasteiger partial charge < -0.3 is 11.1 Å². The lowest BCUT2D eigenvalue weighted by Crippen LogP contribution is -2.44. The number of carbonyl (C=O) groups is 1. The topological polar surface area (TPSA) is 83.8 Å². The third-order valence-corrected chi connectivity index (χ3v) is 1.97. The number of nitrogens with one attached hydrogen (secondary N) is 2. The van der Waals surface area contributed by atoms with E-state index in [-0.39, 0.29) is 11.4 Å². The Kier molecular flexibility index (Phi) is 3.24. The second-order valence-corrected chi connectivity index (χ2v) is 3.85. The van der Waals surface area contributed by atoms with Crippen LogP contribution in [0.3, 0.4) is 0 Å². The van der Waals surface area contributed by atoms with Crippen molar-refractivity contribution < 1.29 is 4.79 Å². The fraction of sp³-hybridized carbons (Fsp3) is 0.556. The fourth-order valence-electron chi connectivity index (χ4n) is 1.18. The molecule has 0 aliphatic rings. The summed E-state index contributed by atoms with van der Waals surface area (Å²) in [5.41, 5.74) is 5.62. The Balaban J connectivity index is 2.57. The van der Waals surface area contributed by atoms with Crippen molar-refractivity contribution in [3.05, 3.63) is 18.0 Å². The monoisotopic (exact) mass is 196 g/mol.